The molecule has 1 aromatic carbocycles. The molecule has 2 aliphatic heterocycles. The van der Waals surface area contributed by atoms with Gasteiger partial charge < -0.3 is 0 Å². The quantitative estimate of drug-likeness (QED) is 0.768. The highest BCUT2D eigenvalue weighted by Gasteiger charge is 2.32. The van der Waals surface area contributed by atoms with E-state index in [0.29, 0.717) is 11.9 Å². The average Bonchev–Trinajstić information content (AvgIpc) is 2.89. The molecule has 2 fully saturated rings. The molecule has 2 saturated heterocycles. The number of rotatable bonds is 3. The smallest absolute Gasteiger partial charge is 0.112 e. The van der Waals surface area contributed by atoms with Crippen LogP contribution in [-0.4, -0.2) is 35.6 Å². The van der Waals surface area contributed by atoms with Gasteiger partial charge in [0.2, 0.25) is 0 Å². The molecule has 0 aromatic heterocycles. The standard InChI is InChI=1S/C14H19N3O/c18-15-13-6-2-1-5-12(13)11-17-10-4-9-16-8-3-7-14(16)17/h1-2,5-6,14H,3-4,7-11H2. The second-order valence-corrected chi connectivity index (χ2v) is 5.20. The summed E-state index contributed by atoms with van der Waals surface area (Å²) in [6.07, 6.45) is 4.37. The first kappa shape index (κ1) is 11.8. The van der Waals surface area contributed by atoms with Crippen molar-refractivity contribution in [3.05, 3.63) is 34.7 Å². The molecule has 1 unspecified atom stereocenters. The first-order valence-electron chi connectivity index (χ1n) is 6.78. The maximum Gasteiger partial charge on any atom is 0.112 e. The van der Waals surface area contributed by atoms with Crippen LogP contribution in [-0.2, 0) is 6.54 Å². The molecule has 0 amide bonds. The van der Waals surface area contributed by atoms with Gasteiger partial charge in [-0.3, -0.25) is 9.80 Å². The Morgan fingerprint density at radius 3 is 2.89 bits per heavy atom. The van der Waals surface area contributed by atoms with Crippen LogP contribution in [0.5, 0.6) is 0 Å². The topological polar surface area (TPSA) is 35.9 Å². The molecule has 2 aliphatic rings. The summed E-state index contributed by atoms with van der Waals surface area (Å²) in [7, 11) is 0. The lowest BCUT2D eigenvalue weighted by atomic mass is 10.1. The summed E-state index contributed by atoms with van der Waals surface area (Å²) in [6, 6.07) is 7.68. The van der Waals surface area contributed by atoms with Crippen LogP contribution in [0.2, 0.25) is 0 Å². The number of nitrogens with zero attached hydrogens (tertiary/aromatic N) is 3. The van der Waals surface area contributed by atoms with Crippen LogP contribution in [0.4, 0.5) is 5.69 Å². The summed E-state index contributed by atoms with van der Waals surface area (Å²) < 4.78 is 0. The zero-order chi connectivity index (χ0) is 12.4. The van der Waals surface area contributed by atoms with E-state index in [-0.39, 0.29) is 0 Å². The van der Waals surface area contributed by atoms with E-state index in [9.17, 15) is 4.91 Å². The molecule has 0 saturated carbocycles. The Bertz CT molecular complexity index is 435. The van der Waals surface area contributed by atoms with Crippen LogP contribution in [0.3, 0.4) is 0 Å². The molecular formula is C14H19N3O. The minimum atomic E-state index is 0.582. The molecule has 4 heteroatoms. The molecule has 4 nitrogen and oxygen atoms in total. The van der Waals surface area contributed by atoms with Crippen molar-refractivity contribution in [3.63, 3.8) is 0 Å². The van der Waals surface area contributed by atoms with Gasteiger partial charge in [-0.15, -0.1) is 4.91 Å². The molecule has 96 valence electrons. The zero-order valence-electron chi connectivity index (χ0n) is 10.6. The third-order valence-corrected chi connectivity index (χ3v) is 4.10. The summed E-state index contributed by atoms with van der Waals surface area (Å²) in [5, 5.41) is 3.13. The molecule has 3 rings (SSSR count). The van der Waals surface area contributed by atoms with Crippen LogP contribution in [0, 0.1) is 4.91 Å². The first-order chi connectivity index (χ1) is 8.88. The van der Waals surface area contributed by atoms with Crippen molar-refractivity contribution in [3.8, 4) is 0 Å². The van der Waals surface area contributed by atoms with Gasteiger partial charge >= 0.3 is 0 Å². The summed E-state index contributed by atoms with van der Waals surface area (Å²) in [4.78, 5) is 15.9. The van der Waals surface area contributed by atoms with Crippen molar-refractivity contribution in [2.45, 2.75) is 32.0 Å². The van der Waals surface area contributed by atoms with Crippen LogP contribution >= 0.6 is 0 Å². The number of hydrogen-bond acceptors (Lipinski definition) is 4. The van der Waals surface area contributed by atoms with Crippen molar-refractivity contribution in [1.82, 2.24) is 9.80 Å². The fourth-order valence-electron chi connectivity index (χ4n) is 3.25. The lowest BCUT2D eigenvalue weighted by Crippen LogP contribution is -2.49. The third kappa shape index (κ3) is 2.18. The molecule has 0 aliphatic carbocycles. The van der Waals surface area contributed by atoms with Crippen LogP contribution in [0.15, 0.2) is 29.4 Å². The number of fused-ring (bicyclic) bond motifs is 1. The Labute approximate surface area is 108 Å². The summed E-state index contributed by atoms with van der Waals surface area (Å²) >= 11 is 0. The summed E-state index contributed by atoms with van der Waals surface area (Å²) in [6.45, 7) is 4.45. The van der Waals surface area contributed by atoms with Gasteiger partial charge in [0, 0.05) is 19.6 Å². The lowest BCUT2D eigenvalue weighted by Gasteiger charge is -2.40. The Morgan fingerprint density at radius 2 is 2.00 bits per heavy atom. The van der Waals surface area contributed by atoms with Gasteiger partial charge in [-0.2, -0.15) is 0 Å². The third-order valence-electron chi connectivity index (χ3n) is 4.10. The highest BCUT2D eigenvalue weighted by Crippen LogP contribution is 2.28. The fraction of sp³-hybridized carbons (Fsp3) is 0.571. The zero-order valence-corrected chi connectivity index (χ0v) is 10.6. The Hall–Kier alpha value is -1.26. The van der Waals surface area contributed by atoms with Gasteiger partial charge in [0.15, 0.2) is 0 Å². The summed E-state index contributed by atoms with van der Waals surface area (Å²) in [5.74, 6) is 0. The second kappa shape index (κ2) is 5.16. The minimum Gasteiger partial charge on any atom is -0.288 e. The summed E-state index contributed by atoms with van der Waals surface area (Å²) in [5.41, 5.74) is 1.65. The van der Waals surface area contributed by atoms with Crippen LogP contribution < -0.4 is 0 Å². The predicted octanol–water partition coefficient (Wildman–Crippen LogP) is 2.71. The van der Waals surface area contributed by atoms with Crippen LogP contribution in [0.1, 0.15) is 24.8 Å². The molecule has 2 heterocycles. The largest absolute Gasteiger partial charge is 0.288 e. The first-order valence-corrected chi connectivity index (χ1v) is 6.78. The molecule has 0 N–H and O–H groups in total. The SMILES string of the molecule is O=Nc1ccccc1CN1CCCN2CCCC21. The molecular weight excluding hydrogens is 226 g/mol. The highest BCUT2D eigenvalue weighted by molar-refractivity contribution is 5.45. The van der Waals surface area contributed by atoms with Crippen LogP contribution in [0.25, 0.3) is 0 Å². The molecule has 0 spiro atoms. The molecule has 0 radical (unpaired) electrons. The van der Waals surface area contributed by atoms with E-state index in [0.717, 1.165) is 18.7 Å². The highest BCUT2D eigenvalue weighted by atomic mass is 16.3. The van der Waals surface area contributed by atoms with E-state index in [2.05, 4.69) is 15.0 Å². The lowest BCUT2D eigenvalue weighted by molar-refractivity contribution is 0.0288. The maximum absolute atomic E-state index is 10.8. The van der Waals surface area contributed by atoms with E-state index in [1.165, 1.54) is 32.4 Å². The Balaban J connectivity index is 1.77. The van der Waals surface area contributed by atoms with E-state index in [1.54, 1.807) is 6.07 Å². The number of hydrogen-bond donors (Lipinski definition) is 0. The monoisotopic (exact) mass is 245 g/mol. The van der Waals surface area contributed by atoms with Gasteiger partial charge in [-0.1, -0.05) is 18.2 Å². The molecule has 1 atom stereocenters. The van der Waals surface area contributed by atoms with E-state index < -0.39 is 0 Å². The second-order valence-electron chi connectivity index (χ2n) is 5.20. The van der Waals surface area contributed by atoms with Crippen molar-refractivity contribution >= 4 is 5.69 Å². The van der Waals surface area contributed by atoms with Crippen molar-refractivity contribution in [1.29, 1.82) is 0 Å². The van der Waals surface area contributed by atoms with Gasteiger partial charge in [-0.25, -0.2) is 0 Å². The maximum atomic E-state index is 10.8. The van der Waals surface area contributed by atoms with E-state index in [4.69, 9.17) is 0 Å². The van der Waals surface area contributed by atoms with Gasteiger partial charge in [0.1, 0.15) is 5.69 Å². The number of benzene rings is 1. The van der Waals surface area contributed by atoms with Gasteiger partial charge in [-0.05, 0) is 42.6 Å². The normalized spacial score (nSPS) is 25.0. The van der Waals surface area contributed by atoms with Crippen molar-refractivity contribution < 1.29 is 0 Å². The van der Waals surface area contributed by atoms with E-state index in [1.807, 2.05) is 18.2 Å². The van der Waals surface area contributed by atoms with Crippen molar-refractivity contribution in [2.75, 3.05) is 19.6 Å². The van der Waals surface area contributed by atoms with Crippen molar-refractivity contribution in [2.24, 2.45) is 5.18 Å². The fourth-order valence-corrected chi connectivity index (χ4v) is 3.25. The van der Waals surface area contributed by atoms with Gasteiger partial charge in [0.25, 0.3) is 0 Å². The Kier molecular flexibility index (Phi) is 3.39. The Morgan fingerprint density at radius 1 is 1.17 bits per heavy atom. The average molecular weight is 245 g/mol. The predicted molar refractivity (Wildman–Crippen MR) is 71.5 cm³/mol. The molecule has 1 aromatic rings. The molecule has 18 heavy (non-hydrogen) atoms. The van der Waals surface area contributed by atoms with Gasteiger partial charge in [0.05, 0.1) is 6.17 Å². The number of nitroso groups, excluding NO2 is 1. The van der Waals surface area contributed by atoms with E-state index >= 15 is 0 Å². The molecule has 0 bridgehead atoms. The minimum absolute atomic E-state index is 0.582.